The number of hydrogen-bond acceptors (Lipinski definition) is 11. The van der Waals surface area contributed by atoms with E-state index in [-0.39, 0.29) is 25.9 Å². The molecule has 1 heterocycles. The minimum absolute atomic E-state index is 0.0561. The van der Waals surface area contributed by atoms with Crippen molar-refractivity contribution in [2.45, 2.75) is 276 Å². The number of carboxylic acid groups (broad SMARTS) is 1. The predicted octanol–water partition coefficient (Wildman–Crippen LogP) is 11.8. The van der Waals surface area contributed by atoms with Gasteiger partial charge in [0.25, 0.3) is 0 Å². The van der Waals surface area contributed by atoms with Crippen molar-refractivity contribution in [1.29, 1.82) is 0 Å². The van der Waals surface area contributed by atoms with Crippen LogP contribution in [0.15, 0.2) is 12.2 Å². The Bertz CT molecular complexity index is 1160. The second kappa shape index (κ2) is 40.9. The van der Waals surface area contributed by atoms with Gasteiger partial charge in [0.05, 0.1) is 6.61 Å². The Labute approximate surface area is 382 Å². The van der Waals surface area contributed by atoms with Gasteiger partial charge in [-0.25, -0.2) is 4.79 Å². The molecule has 0 aromatic rings. The highest BCUT2D eigenvalue weighted by molar-refractivity contribution is 5.74. The van der Waals surface area contributed by atoms with Gasteiger partial charge in [0.15, 0.2) is 24.6 Å². The molecule has 0 saturated carbocycles. The van der Waals surface area contributed by atoms with E-state index < -0.39 is 67.3 Å². The van der Waals surface area contributed by atoms with Crippen LogP contribution in [0.4, 0.5) is 0 Å². The third-order valence-corrected chi connectivity index (χ3v) is 11.8. The summed E-state index contributed by atoms with van der Waals surface area (Å²) in [7, 11) is 0. The molecule has 1 aliphatic rings. The number of rotatable bonds is 43. The topological polar surface area (TPSA) is 175 Å². The van der Waals surface area contributed by atoms with Crippen molar-refractivity contribution in [3.05, 3.63) is 12.2 Å². The highest BCUT2D eigenvalue weighted by Gasteiger charge is 2.50. The van der Waals surface area contributed by atoms with Crippen LogP contribution in [0.3, 0.4) is 0 Å². The fraction of sp³-hybridized carbons (Fsp3) is 0.882. The van der Waals surface area contributed by atoms with E-state index in [0.717, 1.165) is 77.0 Å². The van der Waals surface area contributed by atoms with Crippen molar-refractivity contribution >= 4 is 23.9 Å². The van der Waals surface area contributed by atoms with Crippen LogP contribution in [0, 0.1) is 0 Å². The number of unbranched alkanes of at least 4 members (excludes halogenated alkanes) is 27. The Morgan fingerprint density at radius 3 is 1.35 bits per heavy atom. The Morgan fingerprint density at radius 2 is 0.905 bits per heavy atom. The second-order valence-electron chi connectivity index (χ2n) is 17.8. The summed E-state index contributed by atoms with van der Waals surface area (Å²) in [4.78, 5) is 50.6. The molecule has 1 saturated heterocycles. The maximum Gasteiger partial charge on any atom is 0.335 e. The third-order valence-electron chi connectivity index (χ3n) is 11.8. The van der Waals surface area contributed by atoms with Crippen molar-refractivity contribution in [2.75, 3.05) is 13.2 Å². The fourth-order valence-corrected chi connectivity index (χ4v) is 7.83. The molecule has 0 bridgehead atoms. The minimum atomic E-state index is -1.90. The van der Waals surface area contributed by atoms with Gasteiger partial charge in [0.2, 0.25) is 0 Å². The van der Waals surface area contributed by atoms with Gasteiger partial charge < -0.3 is 39.0 Å². The molecule has 1 rings (SSSR count). The van der Waals surface area contributed by atoms with Gasteiger partial charge in [0.1, 0.15) is 18.8 Å². The SMILES string of the molecule is CCCCCCCC/C=C\CCCCCCCC(=O)OC1C(OCC(COC(=O)CCCCCCCCCCC)OC(=O)CCCCCCCCCCC)OC(C(=O)O)C(O)C1O. The predicted molar refractivity (Wildman–Crippen MR) is 248 cm³/mol. The maximum absolute atomic E-state index is 13.0. The van der Waals surface area contributed by atoms with Crippen LogP contribution in [0.2, 0.25) is 0 Å². The molecule has 3 N–H and O–H groups in total. The summed E-state index contributed by atoms with van der Waals surface area (Å²) in [6.45, 7) is 5.92. The number of carbonyl (C=O) groups is 4. The Hall–Kier alpha value is -2.54. The molecular weight excluding hydrogens is 805 g/mol. The molecule has 12 nitrogen and oxygen atoms in total. The number of aliphatic hydroxyl groups is 2. The van der Waals surface area contributed by atoms with Gasteiger partial charge in [-0.05, 0) is 44.9 Å². The molecule has 368 valence electrons. The minimum Gasteiger partial charge on any atom is -0.479 e. The average Bonchev–Trinajstić information content (AvgIpc) is 3.26. The fourth-order valence-electron chi connectivity index (χ4n) is 7.83. The largest absolute Gasteiger partial charge is 0.479 e. The van der Waals surface area contributed by atoms with E-state index in [1.807, 2.05) is 0 Å². The average molecular weight is 897 g/mol. The highest BCUT2D eigenvalue weighted by Crippen LogP contribution is 2.26. The van der Waals surface area contributed by atoms with Gasteiger partial charge in [-0.1, -0.05) is 187 Å². The van der Waals surface area contributed by atoms with Crippen molar-refractivity contribution in [1.82, 2.24) is 0 Å². The van der Waals surface area contributed by atoms with Gasteiger partial charge >= 0.3 is 23.9 Å². The smallest absolute Gasteiger partial charge is 0.335 e. The summed E-state index contributed by atoms with van der Waals surface area (Å²) in [6.07, 6.45) is 29.3. The molecule has 0 aliphatic carbocycles. The molecule has 63 heavy (non-hydrogen) atoms. The lowest BCUT2D eigenvalue weighted by molar-refractivity contribution is -0.301. The van der Waals surface area contributed by atoms with Crippen molar-refractivity contribution < 1.29 is 58.2 Å². The molecule has 1 fully saturated rings. The zero-order valence-corrected chi connectivity index (χ0v) is 40.1. The normalized spacial score (nSPS) is 19.3. The van der Waals surface area contributed by atoms with Gasteiger partial charge in [-0.3, -0.25) is 14.4 Å². The Morgan fingerprint density at radius 1 is 0.508 bits per heavy atom. The van der Waals surface area contributed by atoms with E-state index >= 15 is 0 Å². The van der Waals surface area contributed by atoms with Crippen molar-refractivity contribution in [3.8, 4) is 0 Å². The van der Waals surface area contributed by atoms with E-state index in [0.29, 0.717) is 19.3 Å². The van der Waals surface area contributed by atoms with E-state index in [9.17, 15) is 34.5 Å². The maximum atomic E-state index is 13.0. The van der Waals surface area contributed by atoms with Crippen LogP contribution in [-0.2, 0) is 42.9 Å². The van der Waals surface area contributed by atoms with Crippen molar-refractivity contribution in [3.63, 3.8) is 0 Å². The monoisotopic (exact) mass is 897 g/mol. The van der Waals surface area contributed by atoms with Crippen LogP contribution in [0.5, 0.6) is 0 Å². The number of carbonyl (C=O) groups excluding carboxylic acids is 3. The van der Waals surface area contributed by atoms with Crippen LogP contribution in [0.1, 0.15) is 239 Å². The number of aliphatic carboxylic acids is 1. The van der Waals surface area contributed by atoms with Crippen LogP contribution in [-0.4, -0.2) is 89.2 Å². The summed E-state index contributed by atoms with van der Waals surface area (Å²) < 4.78 is 28.2. The van der Waals surface area contributed by atoms with E-state index in [4.69, 9.17) is 23.7 Å². The molecule has 12 heteroatoms. The van der Waals surface area contributed by atoms with Crippen LogP contribution < -0.4 is 0 Å². The number of carboxylic acids is 1. The second-order valence-corrected chi connectivity index (χ2v) is 17.8. The number of allylic oxidation sites excluding steroid dienone is 2. The number of ether oxygens (including phenoxy) is 5. The van der Waals surface area contributed by atoms with Gasteiger partial charge in [-0.15, -0.1) is 0 Å². The van der Waals surface area contributed by atoms with Crippen LogP contribution in [0.25, 0.3) is 0 Å². The molecule has 0 aromatic heterocycles. The molecule has 0 spiro atoms. The summed E-state index contributed by atoms with van der Waals surface area (Å²) in [5, 5.41) is 31.2. The van der Waals surface area contributed by atoms with E-state index in [1.165, 1.54) is 103 Å². The Kier molecular flexibility index (Phi) is 38.0. The lowest BCUT2D eigenvalue weighted by atomic mass is 9.98. The molecule has 6 unspecified atom stereocenters. The highest BCUT2D eigenvalue weighted by atomic mass is 16.7. The van der Waals surface area contributed by atoms with Gasteiger partial charge in [-0.2, -0.15) is 0 Å². The number of aliphatic hydroxyl groups excluding tert-OH is 2. The first-order chi connectivity index (χ1) is 30.6. The third kappa shape index (κ3) is 31.9. The standard InChI is InChI=1S/C51H92O12/c1-4-7-10-13-16-19-20-21-22-23-24-27-30-33-36-39-45(54)62-49-47(56)46(55)48(50(57)58)63-51(49)60-41-42(61-44(53)38-35-32-29-26-18-15-12-9-6-3)40-59-43(52)37-34-31-28-25-17-14-11-8-5-2/h21-22,42,46-49,51,55-56H,4-20,23-41H2,1-3H3,(H,57,58)/b22-21-. The molecule has 0 amide bonds. The summed E-state index contributed by atoms with van der Waals surface area (Å²) >= 11 is 0. The van der Waals surface area contributed by atoms with Crippen LogP contribution >= 0.6 is 0 Å². The first kappa shape index (κ1) is 58.5. The molecule has 1 aliphatic heterocycles. The molecule has 0 aromatic carbocycles. The number of hydrogen-bond donors (Lipinski definition) is 3. The Balaban J connectivity index is 2.71. The number of esters is 3. The zero-order valence-electron chi connectivity index (χ0n) is 40.1. The lowest BCUT2D eigenvalue weighted by Crippen LogP contribution is -2.61. The molecule has 0 radical (unpaired) electrons. The lowest BCUT2D eigenvalue weighted by Gasteiger charge is -2.40. The molecular formula is C51H92O12. The van der Waals surface area contributed by atoms with E-state index in [2.05, 4.69) is 32.9 Å². The molecule has 6 atom stereocenters. The van der Waals surface area contributed by atoms with E-state index in [1.54, 1.807) is 0 Å². The summed E-state index contributed by atoms with van der Waals surface area (Å²) in [5.74, 6) is -3.11. The first-order valence-corrected chi connectivity index (χ1v) is 25.7. The quantitative estimate of drug-likeness (QED) is 0.0229. The first-order valence-electron chi connectivity index (χ1n) is 25.7. The van der Waals surface area contributed by atoms with Gasteiger partial charge in [0, 0.05) is 19.3 Å². The summed E-state index contributed by atoms with van der Waals surface area (Å²) in [5.41, 5.74) is 0. The zero-order chi connectivity index (χ0) is 46.2. The van der Waals surface area contributed by atoms with Crippen molar-refractivity contribution in [2.24, 2.45) is 0 Å². The summed E-state index contributed by atoms with van der Waals surface area (Å²) in [6, 6.07) is 0.